The van der Waals surface area contributed by atoms with E-state index in [2.05, 4.69) is 9.97 Å². The number of carbonyl (C=O) groups excluding carboxylic acids is 1. The number of rotatable bonds is 5. The molecule has 2 N–H and O–H groups in total. The first-order valence-corrected chi connectivity index (χ1v) is 7.87. The second-order valence-corrected chi connectivity index (χ2v) is 5.85. The quantitative estimate of drug-likeness (QED) is 0.907. The number of nitrogens with zero attached hydrogens (tertiary/aromatic N) is 3. The normalized spacial score (nSPS) is 18.3. The van der Waals surface area contributed by atoms with Gasteiger partial charge in [0.2, 0.25) is 11.8 Å². The number of aromatic nitrogens is 2. The van der Waals surface area contributed by atoms with E-state index in [4.69, 9.17) is 10.5 Å². The molecule has 0 aliphatic carbocycles. The Balaban J connectivity index is 1.79. The van der Waals surface area contributed by atoms with Gasteiger partial charge in [-0.25, -0.2) is 9.37 Å². The van der Waals surface area contributed by atoms with Crippen LogP contribution in [0.15, 0.2) is 36.7 Å². The standard InChI is InChI=1S/C17H19FN4O2/c18-13-4-1-5-14(9-13)24-17-16(20-6-7-21-17)12-3-2-8-22(10-12)11-15(19)23/h1,4-7,9,12H,2-3,8,10-11H2,(H2,19,23)/t12-/m1/s1. The lowest BCUT2D eigenvalue weighted by Crippen LogP contribution is -2.40. The van der Waals surface area contributed by atoms with E-state index in [-0.39, 0.29) is 24.2 Å². The fraction of sp³-hybridized carbons (Fsp3) is 0.353. The Labute approximate surface area is 139 Å². The van der Waals surface area contributed by atoms with Crippen molar-refractivity contribution >= 4 is 5.91 Å². The molecule has 0 radical (unpaired) electrons. The molecule has 1 aliphatic rings. The maximum Gasteiger partial charge on any atom is 0.241 e. The number of primary amides is 1. The van der Waals surface area contributed by atoms with E-state index in [1.165, 1.54) is 12.1 Å². The molecule has 2 aromatic rings. The lowest BCUT2D eigenvalue weighted by atomic mass is 9.94. The Bertz CT molecular complexity index is 725. The highest BCUT2D eigenvalue weighted by Gasteiger charge is 2.26. The van der Waals surface area contributed by atoms with Crippen LogP contribution in [0.1, 0.15) is 24.5 Å². The molecule has 0 saturated carbocycles. The molecule has 1 saturated heterocycles. The maximum absolute atomic E-state index is 13.3. The number of benzene rings is 1. The van der Waals surface area contributed by atoms with Crippen LogP contribution >= 0.6 is 0 Å². The minimum Gasteiger partial charge on any atom is -0.437 e. The molecule has 1 aliphatic heterocycles. The second kappa shape index (κ2) is 7.35. The predicted octanol–water partition coefficient (Wildman–Crippen LogP) is 2.07. The molecule has 0 bridgehead atoms. The number of hydrogen-bond acceptors (Lipinski definition) is 5. The highest BCUT2D eigenvalue weighted by Crippen LogP contribution is 2.32. The fourth-order valence-corrected chi connectivity index (χ4v) is 2.98. The average Bonchev–Trinajstić information content (AvgIpc) is 2.55. The third-order valence-electron chi connectivity index (χ3n) is 3.97. The Morgan fingerprint density at radius 3 is 3.00 bits per heavy atom. The molecule has 1 fully saturated rings. The van der Waals surface area contributed by atoms with E-state index in [1.54, 1.807) is 24.5 Å². The summed E-state index contributed by atoms with van der Waals surface area (Å²) in [5.41, 5.74) is 6.00. The van der Waals surface area contributed by atoms with Gasteiger partial charge in [-0.2, -0.15) is 0 Å². The van der Waals surface area contributed by atoms with Crippen molar-refractivity contribution in [3.8, 4) is 11.6 Å². The van der Waals surface area contributed by atoms with Crippen LogP contribution in [0.5, 0.6) is 11.6 Å². The summed E-state index contributed by atoms with van der Waals surface area (Å²) < 4.78 is 19.1. The van der Waals surface area contributed by atoms with Crippen LogP contribution in [0, 0.1) is 5.82 Å². The molecule has 6 nitrogen and oxygen atoms in total. The number of nitrogens with two attached hydrogens (primary N) is 1. The summed E-state index contributed by atoms with van der Waals surface area (Å²) in [6.07, 6.45) is 5.02. The minimum atomic E-state index is -0.372. The van der Waals surface area contributed by atoms with Gasteiger partial charge in [0.1, 0.15) is 17.3 Å². The van der Waals surface area contributed by atoms with Crippen molar-refractivity contribution in [1.82, 2.24) is 14.9 Å². The van der Waals surface area contributed by atoms with Crippen LogP contribution in [0.3, 0.4) is 0 Å². The zero-order valence-electron chi connectivity index (χ0n) is 13.2. The summed E-state index contributed by atoms with van der Waals surface area (Å²) in [6, 6.07) is 5.91. The van der Waals surface area contributed by atoms with Crippen molar-refractivity contribution in [3.05, 3.63) is 48.2 Å². The summed E-state index contributed by atoms with van der Waals surface area (Å²) in [7, 11) is 0. The Kier molecular flexibility index (Phi) is 5.00. The molecule has 0 spiro atoms. The summed E-state index contributed by atoms with van der Waals surface area (Å²) in [6.45, 7) is 1.73. The number of carbonyl (C=O) groups is 1. The van der Waals surface area contributed by atoms with E-state index in [1.807, 2.05) is 4.90 Å². The van der Waals surface area contributed by atoms with Gasteiger partial charge >= 0.3 is 0 Å². The minimum absolute atomic E-state index is 0.0929. The smallest absolute Gasteiger partial charge is 0.241 e. The first kappa shape index (κ1) is 16.3. The van der Waals surface area contributed by atoms with Crippen LogP contribution in [-0.2, 0) is 4.79 Å². The molecule has 1 atom stereocenters. The van der Waals surface area contributed by atoms with Gasteiger partial charge in [-0.1, -0.05) is 6.07 Å². The summed E-state index contributed by atoms with van der Waals surface area (Å²) >= 11 is 0. The third kappa shape index (κ3) is 4.05. The van der Waals surface area contributed by atoms with Gasteiger partial charge < -0.3 is 10.5 Å². The molecule has 24 heavy (non-hydrogen) atoms. The van der Waals surface area contributed by atoms with E-state index in [0.29, 0.717) is 18.2 Å². The molecular formula is C17H19FN4O2. The SMILES string of the molecule is NC(=O)CN1CCC[C@@H](c2nccnc2Oc2cccc(F)c2)C1. The number of hydrogen-bond donors (Lipinski definition) is 1. The Hall–Kier alpha value is -2.54. The zero-order valence-corrected chi connectivity index (χ0v) is 13.2. The van der Waals surface area contributed by atoms with E-state index < -0.39 is 0 Å². The number of halogens is 1. The van der Waals surface area contributed by atoms with Crippen LogP contribution in [-0.4, -0.2) is 40.4 Å². The van der Waals surface area contributed by atoms with Gasteiger partial charge in [0.25, 0.3) is 0 Å². The van der Waals surface area contributed by atoms with Crippen molar-refractivity contribution in [3.63, 3.8) is 0 Å². The zero-order chi connectivity index (χ0) is 16.9. The van der Waals surface area contributed by atoms with Gasteiger partial charge in [0, 0.05) is 30.9 Å². The second-order valence-electron chi connectivity index (χ2n) is 5.85. The third-order valence-corrected chi connectivity index (χ3v) is 3.97. The topological polar surface area (TPSA) is 81.3 Å². The molecule has 2 heterocycles. The highest BCUT2D eigenvalue weighted by atomic mass is 19.1. The van der Waals surface area contributed by atoms with Crippen molar-refractivity contribution < 1.29 is 13.9 Å². The summed E-state index contributed by atoms with van der Waals surface area (Å²) in [5.74, 6) is 0.125. The first-order chi connectivity index (χ1) is 11.6. The van der Waals surface area contributed by atoms with Crippen molar-refractivity contribution in [2.45, 2.75) is 18.8 Å². The summed E-state index contributed by atoms with van der Waals surface area (Å²) in [5, 5.41) is 0. The van der Waals surface area contributed by atoms with Gasteiger partial charge in [-0.3, -0.25) is 14.7 Å². The number of piperidine rings is 1. The van der Waals surface area contributed by atoms with Crippen molar-refractivity contribution in [2.24, 2.45) is 5.73 Å². The molecular weight excluding hydrogens is 311 g/mol. The Morgan fingerprint density at radius 1 is 1.38 bits per heavy atom. The molecule has 1 aromatic heterocycles. The monoisotopic (exact) mass is 330 g/mol. The predicted molar refractivity (Wildman–Crippen MR) is 86.1 cm³/mol. The number of likely N-dealkylation sites (tertiary alicyclic amines) is 1. The van der Waals surface area contributed by atoms with Gasteiger partial charge in [0.05, 0.1) is 6.54 Å². The van der Waals surface area contributed by atoms with E-state index in [9.17, 15) is 9.18 Å². The Morgan fingerprint density at radius 2 is 2.21 bits per heavy atom. The van der Waals surface area contributed by atoms with Crippen molar-refractivity contribution in [1.29, 1.82) is 0 Å². The molecule has 0 unspecified atom stereocenters. The molecule has 3 rings (SSSR count). The van der Waals surface area contributed by atoms with Gasteiger partial charge in [-0.15, -0.1) is 0 Å². The number of amides is 1. The lowest BCUT2D eigenvalue weighted by Gasteiger charge is -2.31. The molecule has 126 valence electrons. The van der Waals surface area contributed by atoms with Crippen molar-refractivity contribution in [2.75, 3.05) is 19.6 Å². The van der Waals surface area contributed by atoms with Crippen LogP contribution in [0.25, 0.3) is 0 Å². The van der Waals surface area contributed by atoms with Crippen LogP contribution < -0.4 is 10.5 Å². The summed E-state index contributed by atoms with van der Waals surface area (Å²) in [4.78, 5) is 21.8. The van der Waals surface area contributed by atoms with Crippen LogP contribution in [0.4, 0.5) is 4.39 Å². The lowest BCUT2D eigenvalue weighted by molar-refractivity contribution is -0.119. The first-order valence-electron chi connectivity index (χ1n) is 7.87. The molecule has 1 aromatic carbocycles. The molecule has 7 heteroatoms. The van der Waals surface area contributed by atoms with Gasteiger partial charge in [0.15, 0.2) is 0 Å². The molecule has 1 amide bonds. The maximum atomic E-state index is 13.3. The highest BCUT2D eigenvalue weighted by molar-refractivity contribution is 5.75. The fourth-order valence-electron chi connectivity index (χ4n) is 2.98. The van der Waals surface area contributed by atoms with Gasteiger partial charge in [-0.05, 0) is 31.5 Å². The average molecular weight is 330 g/mol. The largest absolute Gasteiger partial charge is 0.437 e. The van der Waals surface area contributed by atoms with Crippen LogP contribution in [0.2, 0.25) is 0 Å². The van der Waals surface area contributed by atoms with E-state index in [0.717, 1.165) is 25.1 Å². The number of ether oxygens (including phenoxy) is 1. The van der Waals surface area contributed by atoms with E-state index >= 15 is 0 Å².